The number of carbonyl (C=O) groups excluding carboxylic acids is 1. The van der Waals surface area contributed by atoms with Crippen LogP contribution in [0, 0.1) is 12.8 Å². The summed E-state index contributed by atoms with van der Waals surface area (Å²) >= 11 is 5.46. The summed E-state index contributed by atoms with van der Waals surface area (Å²) in [6.07, 6.45) is 1.68. The van der Waals surface area contributed by atoms with Gasteiger partial charge in [-0.05, 0) is 48.9 Å². The number of aryl methyl sites for hydroxylation is 1. The second-order valence-electron chi connectivity index (χ2n) is 4.95. The minimum atomic E-state index is -0.677. The Morgan fingerprint density at radius 1 is 1.44 bits per heavy atom. The average molecular weight is 270 g/mol. The van der Waals surface area contributed by atoms with E-state index in [1.807, 2.05) is 13.8 Å². The summed E-state index contributed by atoms with van der Waals surface area (Å²) in [6, 6.07) is 1.60. The molecule has 0 spiro atoms. The molecule has 4 heteroatoms. The lowest BCUT2D eigenvalue weighted by Gasteiger charge is -2.16. The van der Waals surface area contributed by atoms with Gasteiger partial charge in [-0.1, -0.05) is 20.8 Å². The number of hydrogen-bond acceptors (Lipinski definition) is 2. The number of carbonyl (C=O) groups is 1. The summed E-state index contributed by atoms with van der Waals surface area (Å²) in [5.74, 6) is 0.511. The minimum Gasteiger partial charge on any atom is -0.312 e. The monoisotopic (exact) mass is 269 g/mol. The predicted molar refractivity (Wildman–Crippen MR) is 74.5 cm³/mol. The maximum absolute atomic E-state index is 12.2. The second-order valence-corrected chi connectivity index (χ2v) is 5.30. The molecule has 0 aromatic carbocycles. The van der Waals surface area contributed by atoms with Gasteiger partial charge in [0.25, 0.3) is 10.8 Å². The highest BCUT2D eigenvalue weighted by atomic mass is 35.5. The van der Waals surface area contributed by atoms with E-state index in [9.17, 15) is 9.59 Å². The van der Waals surface area contributed by atoms with E-state index in [0.717, 1.165) is 24.1 Å². The molecule has 0 aliphatic carbocycles. The maximum Gasteiger partial charge on any atom is 0.262 e. The Bertz CT molecular complexity index is 503. The molecule has 0 aliphatic heterocycles. The lowest BCUT2D eigenvalue weighted by molar-refractivity contribution is 0.107. The summed E-state index contributed by atoms with van der Waals surface area (Å²) in [4.78, 5) is 23.5. The van der Waals surface area contributed by atoms with Crippen LogP contribution in [0.2, 0.25) is 0 Å². The van der Waals surface area contributed by atoms with E-state index in [-0.39, 0.29) is 11.1 Å². The molecule has 3 nitrogen and oxygen atoms in total. The van der Waals surface area contributed by atoms with Gasteiger partial charge < -0.3 is 4.57 Å². The molecule has 0 N–H and O–H groups in total. The first kappa shape index (κ1) is 15.0. The van der Waals surface area contributed by atoms with Crippen LogP contribution in [0.5, 0.6) is 0 Å². The molecule has 0 saturated heterocycles. The second kappa shape index (κ2) is 6.19. The molecule has 0 amide bonds. The zero-order valence-electron chi connectivity index (χ0n) is 11.4. The SMILES string of the molecule is CCc1c(C)cc(C(=O)Cl)c(=O)n1CCC(C)C. The normalized spacial score (nSPS) is 11.0. The molecule has 18 heavy (non-hydrogen) atoms. The van der Waals surface area contributed by atoms with Crippen LogP contribution in [0.3, 0.4) is 0 Å². The molecule has 0 aliphatic rings. The van der Waals surface area contributed by atoms with Crippen molar-refractivity contribution in [2.24, 2.45) is 5.92 Å². The van der Waals surface area contributed by atoms with Gasteiger partial charge in [0, 0.05) is 12.2 Å². The number of hydrogen-bond donors (Lipinski definition) is 0. The third-order valence-electron chi connectivity index (χ3n) is 3.09. The Morgan fingerprint density at radius 2 is 2.06 bits per heavy atom. The molecular formula is C14H20ClNO2. The number of aromatic nitrogens is 1. The van der Waals surface area contributed by atoms with Gasteiger partial charge in [0.05, 0.1) is 5.56 Å². The third-order valence-corrected chi connectivity index (χ3v) is 3.30. The van der Waals surface area contributed by atoms with Gasteiger partial charge in [-0.25, -0.2) is 0 Å². The van der Waals surface area contributed by atoms with Gasteiger partial charge >= 0.3 is 0 Å². The number of pyridine rings is 1. The molecule has 0 radical (unpaired) electrons. The Labute approximate surface area is 113 Å². The predicted octanol–water partition coefficient (Wildman–Crippen LogP) is 3.14. The molecule has 0 saturated carbocycles. The van der Waals surface area contributed by atoms with Crippen LogP contribution in [0.15, 0.2) is 10.9 Å². The smallest absolute Gasteiger partial charge is 0.262 e. The molecule has 1 aromatic heterocycles. The van der Waals surface area contributed by atoms with E-state index in [1.165, 1.54) is 0 Å². The number of nitrogens with zero attached hydrogens (tertiary/aromatic N) is 1. The summed E-state index contributed by atoms with van der Waals surface area (Å²) in [5, 5.41) is -0.677. The molecule has 0 atom stereocenters. The van der Waals surface area contributed by atoms with Crippen molar-refractivity contribution in [1.29, 1.82) is 0 Å². The Morgan fingerprint density at radius 3 is 2.50 bits per heavy atom. The van der Waals surface area contributed by atoms with Crippen LogP contribution in [-0.2, 0) is 13.0 Å². The topological polar surface area (TPSA) is 39.1 Å². The zero-order valence-corrected chi connectivity index (χ0v) is 12.2. The zero-order chi connectivity index (χ0) is 13.9. The van der Waals surface area contributed by atoms with E-state index in [0.29, 0.717) is 12.5 Å². The molecule has 0 fully saturated rings. The molecular weight excluding hydrogens is 250 g/mol. The fourth-order valence-electron chi connectivity index (χ4n) is 2.08. The van der Waals surface area contributed by atoms with Crippen LogP contribution < -0.4 is 5.56 Å². The van der Waals surface area contributed by atoms with Gasteiger partial charge in [-0.15, -0.1) is 0 Å². The Kier molecular flexibility index (Phi) is 5.15. The Hall–Kier alpha value is -1.09. The number of rotatable bonds is 5. The van der Waals surface area contributed by atoms with Gasteiger partial charge in [-0.2, -0.15) is 0 Å². The van der Waals surface area contributed by atoms with Crippen molar-refractivity contribution in [3.63, 3.8) is 0 Å². The maximum atomic E-state index is 12.2. The van der Waals surface area contributed by atoms with Crippen molar-refractivity contribution in [2.75, 3.05) is 0 Å². The fraction of sp³-hybridized carbons (Fsp3) is 0.571. The van der Waals surface area contributed by atoms with Gasteiger partial charge in [0.15, 0.2) is 0 Å². The van der Waals surface area contributed by atoms with Crippen molar-refractivity contribution >= 4 is 16.8 Å². The van der Waals surface area contributed by atoms with E-state index in [2.05, 4.69) is 13.8 Å². The Balaban J connectivity index is 3.34. The molecule has 100 valence electrons. The number of halogens is 1. The van der Waals surface area contributed by atoms with Crippen LogP contribution >= 0.6 is 11.6 Å². The van der Waals surface area contributed by atoms with Crippen LogP contribution in [-0.4, -0.2) is 9.81 Å². The first-order valence-corrected chi connectivity index (χ1v) is 6.69. The van der Waals surface area contributed by atoms with Crippen molar-refractivity contribution in [3.8, 4) is 0 Å². The van der Waals surface area contributed by atoms with Crippen LogP contribution in [0.1, 0.15) is 48.8 Å². The molecule has 1 heterocycles. The highest BCUT2D eigenvalue weighted by Gasteiger charge is 2.15. The fourth-order valence-corrected chi connectivity index (χ4v) is 2.21. The summed E-state index contributed by atoms with van der Waals surface area (Å²) in [5.41, 5.74) is 1.75. The first-order chi connectivity index (χ1) is 8.38. The van der Waals surface area contributed by atoms with Crippen LogP contribution in [0.4, 0.5) is 0 Å². The van der Waals surface area contributed by atoms with E-state index >= 15 is 0 Å². The van der Waals surface area contributed by atoms with E-state index < -0.39 is 5.24 Å². The third kappa shape index (κ3) is 3.22. The standard InChI is InChI=1S/C14H20ClNO2/c1-5-12-10(4)8-11(13(15)17)14(18)16(12)7-6-9(2)3/h8-9H,5-7H2,1-4H3. The average Bonchev–Trinajstić information content (AvgIpc) is 2.28. The van der Waals surface area contributed by atoms with E-state index in [1.54, 1.807) is 10.6 Å². The summed E-state index contributed by atoms with van der Waals surface area (Å²) in [7, 11) is 0. The highest BCUT2D eigenvalue weighted by molar-refractivity contribution is 6.67. The van der Waals surface area contributed by atoms with Gasteiger partial charge in [0.2, 0.25) is 0 Å². The minimum absolute atomic E-state index is 0.0788. The lowest BCUT2D eigenvalue weighted by atomic mass is 10.1. The van der Waals surface area contributed by atoms with Crippen molar-refractivity contribution in [1.82, 2.24) is 4.57 Å². The van der Waals surface area contributed by atoms with Crippen molar-refractivity contribution in [2.45, 2.75) is 47.1 Å². The summed E-state index contributed by atoms with van der Waals surface area (Å²) in [6.45, 7) is 8.78. The largest absolute Gasteiger partial charge is 0.312 e. The quantitative estimate of drug-likeness (QED) is 0.771. The van der Waals surface area contributed by atoms with Gasteiger partial charge in [0.1, 0.15) is 0 Å². The summed E-state index contributed by atoms with van der Waals surface area (Å²) < 4.78 is 1.70. The van der Waals surface area contributed by atoms with Crippen LogP contribution in [0.25, 0.3) is 0 Å². The highest BCUT2D eigenvalue weighted by Crippen LogP contribution is 2.12. The van der Waals surface area contributed by atoms with E-state index in [4.69, 9.17) is 11.6 Å². The molecule has 0 bridgehead atoms. The van der Waals surface area contributed by atoms with Gasteiger partial charge in [-0.3, -0.25) is 9.59 Å². The first-order valence-electron chi connectivity index (χ1n) is 6.31. The molecule has 1 aromatic rings. The molecule has 0 unspecified atom stereocenters. The van der Waals surface area contributed by atoms with Crippen molar-refractivity contribution in [3.05, 3.63) is 33.2 Å². The molecule has 1 rings (SSSR count). The van der Waals surface area contributed by atoms with Crippen molar-refractivity contribution < 1.29 is 4.79 Å². The lowest BCUT2D eigenvalue weighted by Crippen LogP contribution is -2.29.